The molecule has 1 fully saturated rings. The molecule has 1 saturated carbocycles. The normalized spacial score (nSPS) is 28.5. The first kappa shape index (κ1) is 18.0. The Kier molecular flexibility index (Phi) is 8.79. The van der Waals surface area contributed by atoms with Gasteiger partial charge in [-0.05, 0) is 51.5 Å². The maximum atomic E-state index is 6.33. The molecule has 0 bridgehead atoms. The first-order chi connectivity index (χ1) is 9.68. The number of hydrogen-bond donors (Lipinski definition) is 1. The Morgan fingerprint density at radius 1 is 1.10 bits per heavy atom. The largest absolute Gasteiger partial charge is 0.374 e. The highest BCUT2D eigenvalue weighted by Gasteiger charge is 2.41. The summed E-state index contributed by atoms with van der Waals surface area (Å²) in [6, 6.07) is 0.553. The monoisotopic (exact) mass is 283 g/mol. The van der Waals surface area contributed by atoms with Gasteiger partial charge in [-0.15, -0.1) is 0 Å². The van der Waals surface area contributed by atoms with E-state index in [9.17, 15) is 0 Å². The molecule has 0 aromatic rings. The molecule has 0 radical (unpaired) electrons. The van der Waals surface area contributed by atoms with Crippen molar-refractivity contribution in [2.24, 2.45) is 5.92 Å². The van der Waals surface area contributed by atoms with E-state index in [4.69, 9.17) is 4.74 Å². The maximum Gasteiger partial charge on any atom is 0.0834 e. The predicted octanol–water partition coefficient (Wildman–Crippen LogP) is 4.92. The summed E-state index contributed by atoms with van der Waals surface area (Å²) in [7, 11) is 0. The number of ether oxygens (including phenoxy) is 1. The first-order valence-electron chi connectivity index (χ1n) is 9.05. The molecular weight excluding hydrogens is 246 g/mol. The molecule has 0 aromatic heterocycles. The van der Waals surface area contributed by atoms with E-state index in [0.717, 1.165) is 19.1 Å². The van der Waals surface area contributed by atoms with E-state index in [1.165, 1.54) is 57.8 Å². The summed E-state index contributed by atoms with van der Waals surface area (Å²) in [5, 5.41) is 3.74. The van der Waals surface area contributed by atoms with Crippen molar-refractivity contribution in [1.82, 2.24) is 5.32 Å². The van der Waals surface area contributed by atoms with Gasteiger partial charge in [0.2, 0.25) is 0 Å². The summed E-state index contributed by atoms with van der Waals surface area (Å²) in [4.78, 5) is 0. The van der Waals surface area contributed by atoms with Crippen LogP contribution < -0.4 is 5.32 Å². The maximum absolute atomic E-state index is 6.33. The highest BCUT2D eigenvalue weighted by molar-refractivity contribution is 4.96. The van der Waals surface area contributed by atoms with Gasteiger partial charge in [-0.3, -0.25) is 0 Å². The fraction of sp³-hybridized carbons (Fsp3) is 1.00. The number of likely N-dealkylation sites (N-methyl/N-ethyl adjacent to an activating group) is 1. The predicted molar refractivity (Wildman–Crippen MR) is 88.2 cm³/mol. The Balaban J connectivity index is 2.61. The lowest BCUT2D eigenvalue weighted by atomic mass is 9.74. The minimum atomic E-state index is 0.115. The minimum absolute atomic E-state index is 0.115. The fourth-order valence-corrected chi connectivity index (χ4v) is 3.70. The molecular formula is C18H37NO. The molecule has 20 heavy (non-hydrogen) atoms. The molecule has 0 aliphatic heterocycles. The van der Waals surface area contributed by atoms with Crippen molar-refractivity contribution >= 4 is 0 Å². The highest BCUT2D eigenvalue weighted by Crippen LogP contribution is 2.38. The summed E-state index contributed by atoms with van der Waals surface area (Å²) in [5.41, 5.74) is 0.115. The molecule has 1 aliphatic rings. The molecule has 0 spiro atoms. The van der Waals surface area contributed by atoms with Gasteiger partial charge >= 0.3 is 0 Å². The van der Waals surface area contributed by atoms with E-state index < -0.39 is 0 Å². The van der Waals surface area contributed by atoms with Crippen molar-refractivity contribution in [2.75, 3.05) is 13.2 Å². The van der Waals surface area contributed by atoms with E-state index in [0.29, 0.717) is 6.04 Å². The zero-order chi connectivity index (χ0) is 14.8. The van der Waals surface area contributed by atoms with Crippen LogP contribution in [0.15, 0.2) is 0 Å². The van der Waals surface area contributed by atoms with Crippen LogP contribution in [0.4, 0.5) is 0 Å². The van der Waals surface area contributed by atoms with Gasteiger partial charge in [0.1, 0.15) is 0 Å². The Bertz CT molecular complexity index is 234. The van der Waals surface area contributed by atoms with Gasteiger partial charge in [0.25, 0.3) is 0 Å². The summed E-state index contributed by atoms with van der Waals surface area (Å²) in [5.74, 6) is 0.881. The molecule has 0 heterocycles. The van der Waals surface area contributed by atoms with E-state index >= 15 is 0 Å². The Labute approximate surface area is 127 Å². The van der Waals surface area contributed by atoms with Crippen LogP contribution in [-0.4, -0.2) is 24.8 Å². The second kappa shape index (κ2) is 9.78. The molecule has 1 N–H and O–H groups in total. The van der Waals surface area contributed by atoms with E-state index in [1.54, 1.807) is 0 Å². The smallest absolute Gasteiger partial charge is 0.0834 e. The zero-order valence-electron chi connectivity index (χ0n) is 14.3. The van der Waals surface area contributed by atoms with Crippen LogP contribution in [0.3, 0.4) is 0 Å². The summed E-state index contributed by atoms with van der Waals surface area (Å²) in [6.07, 6.45) is 11.8. The van der Waals surface area contributed by atoms with E-state index in [1.807, 2.05) is 0 Å². The van der Waals surface area contributed by atoms with Crippen LogP contribution in [0.1, 0.15) is 85.5 Å². The lowest BCUT2D eigenvalue weighted by molar-refractivity contribution is -0.0978. The highest BCUT2D eigenvalue weighted by atomic mass is 16.5. The molecule has 1 rings (SSSR count). The third-order valence-corrected chi connectivity index (χ3v) is 4.98. The minimum Gasteiger partial charge on any atom is -0.374 e. The van der Waals surface area contributed by atoms with Crippen molar-refractivity contribution in [3.05, 3.63) is 0 Å². The second-order valence-electron chi connectivity index (χ2n) is 6.64. The molecule has 1 unspecified atom stereocenters. The zero-order valence-corrected chi connectivity index (χ0v) is 14.3. The van der Waals surface area contributed by atoms with Crippen LogP contribution >= 0.6 is 0 Å². The molecule has 2 nitrogen and oxygen atoms in total. The quantitative estimate of drug-likeness (QED) is 0.575. The van der Waals surface area contributed by atoms with Gasteiger partial charge in [0, 0.05) is 12.6 Å². The van der Waals surface area contributed by atoms with Crippen molar-refractivity contribution < 1.29 is 4.74 Å². The van der Waals surface area contributed by atoms with Crippen LogP contribution in [-0.2, 0) is 4.74 Å². The van der Waals surface area contributed by atoms with Crippen molar-refractivity contribution in [3.8, 4) is 0 Å². The second-order valence-corrected chi connectivity index (χ2v) is 6.64. The van der Waals surface area contributed by atoms with Crippen molar-refractivity contribution in [3.63, 3.8) is 0 Å². The Morgan fingerprint density at radius 3 is 2.35 bits per heavy atom. The van der Waals surface area contributed by atoms with Gasteiger partial charge in [0.15, 0.2) is 0 Å². The van der Waals surface area contributed by atoms with Gasteiger partial charge in [-0.25, -0.2) is 0 Å². The molecule has 0 aromatic carbocycles. The van der Waals surface area contributed by atoms with Gasteiger partial charge in [-0.2, -0.15) is 0 Å². The fourth-order valence-electron chi connectivity index (χ4n) is 3.70. The van der Waals surface area contributed by atoms with Gasteiger partial charge in [0.05, 0.1) is 5.60 Å². The van der Waals surface area contributed by atoms with E-state index in [2.05, 4.69) is 33.0 Å². The van der Waals surface area contributed by atoms with Crippen LogP contribution in [0.5, 0.6) is 0 Å². The molecule has 1 aliphatic carbocycles. The molecule has 2 heteroatoms. The van der Waals surface area contributed by atoms with Gasteiger partial charge < -0.3 is 10.1 Å². The SMILES string of the molecule is CCCCCCC(NCC)C1(OCC)CCC(C)CC1. The van der Waals surface area contributed by atoms with Crippen LogP contribution in [0.25, 0.3) is 0 Å². The summed E-state index contributed by atoms with van der Waals surface area (Å²) < 4.78 is 6.33. The van der Waals surface area contributed by atoms with E-state index in [-0.39, 0.29) is 5.60 Å². The lowest BCUT2D eigenvalue weighted by Gasteiger charge is -2.45. The van der Waals surface area contributed by atoms with Crippen LogP contribution in [0, 0.1) is 5.92 Å². The third kappa shape index (κ3) is 5.37. The average Bonchev–Trinajstić information content (AvgIpc) is 2.45. The van der Waals surface area contributed by atoms with Crippen molar-refractivity contribution in [2.45, 2.75) is 97.1 Å². The first-order valence-corrected chi connectivity index (χ1v) is 9.05. The third-order valence-electron chi connectivity index (χ3n) is 4.98. The van der Waals surface area contributed by atoms with Crippen molar-refractivity contribution in [1.29, 1.82) is 0 Å². The van der Waals surface area contributed by atoms with Gasteiger partial charge in [-0.1, -0.05) is 46.5 Å². The summed E-state index contributed by atoms with van der Waals surface area (Å²) in [6.45, 7) is 11.0. The lowest BCUT2D eigenvalue weighted by Crippen LogP contribution is -2.54. The number of hydrogen-bond acceptors (Lipinski definition) is 2. The van der Waals surface area contributed by atoms with Crippen LogP contribution in [0.2, 0.25) is 0 Å². The Morgan fingerprint density at radius 2 is 1.80 bits per heavy atom. The topological polar surface area (TPSA) is 21.3 Å². The standard InChI is InChI=1S/C18H37NO/c1-5-8-9-10-11-17(19-6-2)18(20-7-3)14-12-16(4)13-15-18/h16-17,19H,5-15H2,1-4H3. The molecule has 120 valence electrons. The number of nitrogens with one attached hydrogen (secondary N) is 1. The molecule has 0 amide bonds. The summed E-state index contributed by atoms with van der Waals surface area (Å²) >= 11 is 0. The molecule has 1 atom stereocenters. The number of rotatable bonds is 10. The molecule has 0 saturated heterocycles. The number of unbranched alkanes of at least 4 members (excludes halogenated alkanes) is 3. The Hall–Kier alpha value is -0.0800. The average molecular weight is 284 g/mol.